The predicted molar refractivity (Wildman–Crippen MR) is 246 cm³/mol. The van der Waals surface area contributed by atoms with E-state index in [-0.39, 0.29) is 33.0 Å². The topological polar surface area (TPSA) is 44.3 Å². The van der Waals surface area contributed by atoms with Crippen molar-refractivity contribution < 1.29 is 25.8 Å². The molecule has 298 valence electrons. The minimum absolute atomic E-state index is 0. The molecule has 0 radical (unpaired) electrons. The summed E-state index contributed by atoms with van der Waals surface area (Å²) in [6.07, 6.45) is 1.87. The zero-order chi connectivity index (χ0) is 40.5. The second kappa shape index (κ2) is 15.2. The van der Waals surface area contributed by atoms with E-state index in [0.29, 0.717) is 5.90 Å². The SMILES string of the molecule is Cc1ccc2c(c1)c1ccc(-n3c4ccc(C)cc4c4cccnc43)[c-]c1n2-c1[c-]c(C2=N[C@H](C(c3ccccc3)c3ccccc3)C(C)(C)O2)cc(-c2ccccc2)c1.[Pt+2]. The van der Waals surface area contributed by atoms with Crippen LogP contribution in [0.2, 0.25) is 0 Å². The van der Waals surface area contributed by atoms with Gasteiger partial charge in [0, 0.05) is 28.4 Å². The van der Waals surface area contributed by atoms with E-state index < -0.39 is 5.60 Å². The van der Waals surface area contributed by atoms with Gasteiger partial charge in [0.05, 0.1) is 11.6 Å². The van der Waals surface area contributed by atoms with E-state index >= 15 is 0 Å². The maximum atomic E-state index is 6.97. The summed E-state index contributed by atoms with van der Waals surface area (Å²) in [5.41, 5.74) is 13.0. The molecule has 3 aromatic heterocycles. The Bertz CT molecular complexity index is 3250. The van der Waals surface area contributed by atoms with Gasteiger partial charge in [-0.25, -0.2) is 4.98 Å². The molecule has 10 aromatic rings. The van der Waals surface area contributed by atoms with Crippen LogP contribution in [-0.4, -0.2) is 31.7 Å². The van der Waals surface area contributed by atoms with Crippen LogP contribution in [0.4, 0.5) is 0 Å². The summed E-state index contributed by atoms with van der Waals surface area (Å²) in [5.74, 6) is 0.582. The quantitative estimate of drug-likeness (QED) is 0.149. The normalized spacial score (nSPS) is 14.8. The van der Waals surface area contributed by atoms with Crippen molar-refractivity contribution in [3.05, 3.63) is 210 Å². The third kappa shape index (κ3) is 6.60. The molecule has 0 bridgehead atoms. The van der Waals surface area contributed by atoms with Gasteiger partial charge in [0.2, 0.25) is 0 Å². The maximum absolute atomic E-state index is 6.97. The van der Waals surface area contributed by atoms with Crippen molar-refractivity contribution in [1.82, 2.24) is 14.1 Å². The van der Waals surface area contributed by atoms with E-state index in [0.717, 1.165) is 66.4 Å². The van der Waals surface area contributed by atoms with Crippen molar-refractivity contribution in [2.24, 2.45) is 4.99 Å². The van der Waals surface area contributed by atoms with Gasteiger partial charge >= 0.3 is 21.1 Å². The number of pyridine rings is 1. The van der Waals surface area contributed by atoms with Gasteiger partial charge in [0.15, 0.2) is 0 Å². The molecular formula is C55H42N4OPt. The zero-order valence-electron chi connectivity index (χ0n) is 34.3. The van der Waals surface area contributed by atoms with Crippen LogP contribution in [0.1, 0.15) is 47.6 Å². The van der Waals surface area contributed by atoms with Crippen molar-refractivity contribution in [3.63, 3.8) is 0 Å². The fourth-order valence-corrected chi connectivity index (χ4v) is 9.31. The first-order valence-electron chi connectivity index (χ1n) is 20.6. The molecule has 0 aliphatic carbocycles. The molecule has 1 aliphatic rings. The third-order valence-electron chi connectivity index (χ3n) is 12.1. The van der Waals surface area contributed by atoms with Crippen LogP contribution in [0.3, 0.4) is 0 Å². The van der Waals surface area contributed by atoms with Gasteiger partial charge in [0.1, 0.15) is 17.1 Å². The number of aliphatic imine (C=N–C) groups is 1. The van der Waals surface area contributed by atoms with Crippen LogP contribution in [-0.2, 0) is 25.8 Å². The third-order valence-corrected chi connectivity index (χ3v) is 12.1. The van der Waals surface area contributed by atoms with E-state index in [2.05, 4.69) is 207 Å². The van der Waals surface area contributed by atoms with E-state index in [1.165, 1.54) is 27.6 Å². The van der Waals surface area contributed by atoms with Gasteiger partial charge in [-0.15, -0.1) is 35.7 Å². The molecule has 0 saturated carbocycles. The van der Waals surface area contributed by atoms with Gasteiger partial charge in [-0.05, 0) is 85.8 Å². The maximum Gasteiger partial charge on any atom is 2.00 e. The van der Waals surface area contributed by atoms with E-state index in [1.807, 2.05) is 12.3 Å². The van der Waals surface area contributed by atoms with Crippen LogP contribution >= 0.6 is 0 Å². The average molecular weight is 970 g/mol. The number of rotatable bonds is 7. The second-order valence-electron chi connectivity index (χ2n) is 16.6. The standard InChI is InChI=1S/C55H42N4O.Pt/c1-35-22-26-48-46(29-35)44-25-24-42(59-49-27-23-36(2)30-47(49)45-21-14-28-56-53(45)59)34-50(44)58(48)43-32-40(37-15-8-5-9-16-37)31-41(33-43)54-57-52(55(3,4)60-54)51(38-17-10-6-11-18-38)39-19-12-7-13-20-39;/h5-32,51-52H,1-4H3;/q-2;+2/t52-;/m1./s1. The minimum Gasteiger partial charge on any atom is -0.512 e. The van der Waals surface area contributed by atoms with Crippen molar-refractivity contribution >= 4 is 49.6 Å². The van der Waals surface area contributed by atoms with Gasteiger partial charge in [-0.3, -0.25) is 4.99 Å². The first-order valence-corrected chi connectivity index (χ1v) is 20.6. The molecule has 0 N–H and O–H groups in total. The van der Waals surface area contributed by atoms with E-state index in [1.54, 1.807) is 0 Å². The first-order chi connectivity index (χ1) is 29.3. The van der Waals surface area contributed by atoms with E-state index in [9.17, 15) is 0 Å². The molecule has 1 aliphatic heterocycles. The zero-order valence-corrected chi connectivity index (χ0v) is 36.6. The summed E-state index contributed by atoms with van der Waals surface area (Å²) in [6.45, 7) is 8.61. The Morgan fingerprint density at radius 3 is 1.87 bits per heavy atom. The molecule has 5 nitrogen and oxygen atoms in total. The molecule has 0 fully saturated rings. The number of aromatic nitrogens is 3. The summed E-state index contributed by atoms with van der Waals surface area (Å²) in [4.78, 5) is 10.4. The van der Waals surface area contributed by atoms with Crippen LogP contribution in [0, 0.1) is 26.0 Å². The van der Waals surface area contributed by atoms with Gasteiger partial charge in [0.25, 0.3) is 0 Å². The number of aryl methyl sites for hydroxylation is 2. The largest absolute Gasteiger partial charge is 2.00 e. The monoisotopic (exact) mass is 969 g/mol. The molecule has 0 amide bonds. The first kappa shape index (κ1) is 38.6. The Balaban J connectivity index is 0.00000445. The van der Waals surface area contributed by atoms with Crippen LogP contribution in [0.5, 0.6) is 0 Å². The molecule has 7 aromatic carbocycles. The molecule has 11 rings (SSSR count). The Hall–Kier alpha value is -6.55. The summed E-state index contributed by atoms with van der Waals surface area (Å²) < 4.78 is 11.5. The number of hydrogen-bond acceptors (Lipinski definition) is 3. The minimum atomic E-state index is -0.607. The van der Waals surface area contributed by atoms with Crippen LogP contribution < -0.4 is 0 Å². The smallest absolute Gasteiger partial charge is 0.512 e. The van der Waals surface area contributed by atoms with Gasteiger partial charge in [-0.2, -0.15) is 6.07 Å². The molecular weight excluding hydrogens is 928 g/mol. The van der Waals surface area contributed by atoms with Gasteiger partial charge in [-0.1, -0.05) is 143 Å². The summed E-state index contributed by atoms with van der Waals surface area (Å²) >= 11 is 0. The van der Waals surface area contributed by atoms with E-state index in [4.69, 9.17) is 14.7 Å². The summed E-state index contributed by atoms with van der Waals surface area (Å²) in [5, 5.41) is 4.57. The fraction of sp³-hybridized carbons (Fsp3) is 0.127. The Morgan fingerprint density at radius 2 is 1.20 bits per heavy atom. The van der Waals surface area contributed by atoms with Crippen molar-refractivity contribution in [1.29, 1.82) is 0 Å². The fourth-order valence-electron chi connectivity index (χ4n) is 9.31. The van der Waals surface area contributed by atoms with Crippen molar-refractivity contribution in [3.8, 4) is 22.5 Å². The second-order valence-corrected chi connectivity index (χ2v) is 16.6. The number of fused-ring (bicyclic) bond motifs is 6. The number of hydrogen-bond donors (Lipinski definition) is 0. The Morgan fingerprint density at radius 1 is 0.574 bits per heavy atom. The van der Waals surface area contributed by atoms with Crippen LogP contribution in [0.25, 0.3) is 66.2 Å². The van der Waals surface area contributed by atoms with Gasteiger partial charge < -0.3 is 13.9 Å². The molecule has 1 atom stereocenters. The molecule has 0 spiro atoms. The summed E-state index contributed by atoms with van der Waals surface area (Å²) in [7, 11) is 0. The summed E-state index contributed by atoms with van der Waals surface area (Å²) in [6, 6.07) is 65.8. The number of ether oxygens (including phenoxy) is 1. The number of benzene rings is 7. The molecule has 0 saturated heterocycles. The molecule has 61 heavy (non-hydrogen) atoms. The Labute approximate surface area is 370 Å². The predicted octanol–water partition coefficient (Wildman–Crippen LogP) is 12.9. The van der Waals surface area contributed by atoms with Crippen LogP contribution in [0.15, 0.2) is 175 Å². The number of nitrogens with zero attached hydrogens (tertiary/aromatic N) is 4. The molecule has 6 heteroatoms. The van der Waals surface area contributed by atoms with Crippen molar-refractivity contribution in [2.75, 3.05) is 0 Å². The average Bonchev–Trinajstić information content (AvgIpc) is 3.90. The molecule has 0 unspecified atom stereocenters. The Kier molecular flexibility index (Phi) is 9.61. The molecule has 4 heterocycles. The van der Waals surface area contributed by atoms with Crippen molar-refractivity contribution in [2.45, 2.75) is 45.3 Å².